The molecule has 0 aromatic rings. The summed E-state index contributed by atoms with van der Waals surface area (Å²) in [6, 6.07) is 0. The minimum absolute atomic E-state index is 0.470. The monoisotopic (exact) mass is 158 g/mol. The highest BCUT2D eigenvalue weighted by Crippen LogP contribution is 1.88. The molecule has 0 unspecified atom stereocenters. The van der Waals surface area contributed by atoms with Crippen molar-refractivity contribution >= 4 is 0 Å². The highest BCUT2D eigenvalue weighted by molar-refractivity contribution is 4.64. The van der Waals surface area contributed by atoms with Crippen LogP contribution in [0.1, 0.15) is 12.8 Å². The lowest BCUT2D eigenvalue weighted by molar-refractivity contribution is -0.511. The first kappa shape index (κ1) is 10.4. The van der Waals surface area contributed by atoms with E-state index < -0.39 is 0 Å². The summed E-state index contributed by atoms with van der Waals surface area (Å²) in [5.41, 5.74) is 0. The van der Waals surface area contributed by atoms with Gasteiger partial charge in [-0.1, -0.05) is 17.2 Å². The molecule has 0 aromatic carbocycles. The summed E-state index contributed by atoms with van der Waals surface area (Å²) in [7, 11) is 0. The van der Waals surface area contributed by atoms with Crippen molar-refractivity contribution in [3.63, 3.8) is 0 Å². The van der Waals surface area contributed by atoms with E-state index in [0.717, 1.165) is 12.8 Å². The maximum atomic E-state index is 4.59. The second-order valence-electron chi connectivity index (χ2n) is 1.87. The third-order valence-electron chi connectivity index (χ3n) is 0.907. The fraction of sp³-hybridized carbons (Fsp3) is 0.500. The largest absolute Gasteiger partial charge is 0.206 e. The summed E-state index contributed by atoms with van der Waals surface area (Å²) >= 11 is 0. The summed E-state index contributed by atoms with van der Waals surface area (Å²) in [6.07, 6.45) is 5.00. The van der Waals surface area contributed by atoms with Crippen molar-refractivity contribution in [3.8, 4) is 0 Å². The lowest BCUT2D eigenvalue weighted by Crippen LogP contribution is -1.98. The zero-order chi connectivity index (χ0) is 8.36. The van der Waals surface area contributed by atoms with Gasteiger partial charge in [0.05, 0.1) is 13.2 Å². The summed E-state index contributed by atoms with van der Waals surface area (Å²) in [5, 5.41) is 4.34. The molecule has 0 heterocycles. The van der Waals surface area contributed by atoms with Crippen LogP contribution in [0.15, 0.2) is 25.3 Å². The maximum absolute atomic E-state index is 4.59. The van der Waals surface area contributed by atoms with Crippen molar-refractivity contribution < 1.29 is 14.8 Å². The van der Waals surface area contributed by atoms with E-state index in [1.807, 2.05) is 0 Å². The van der Waals surface area contributed by atoms with E-state index in [1.165, 1.54) is 0 Å². The predicted molar refractivity (Wildman–Crippen MR) is 42.6 cm³/mol. The first-order valence-electron chi connectivity index (χ1n) is 3.54. The fourth-order valence-electron chi connectivity index (χ4n) is 0.365. The Bertz CT molecular complexity index is 89.5. The lowest BCUT2D eigenvalue weighted by atomic mass is 10.5. The van der Waals surface area contributed by atoms with Crippen molar-refractivity contribution in [2.75, 3.05) is 13.2 Å². The highest BCUT2D eigenvalue weighted by atomic mass is 17.5. The zero-order valence-electron chi connectivity index (χ0n) is 6.62. The van der Waals surface area contributed by atoms with Gasteiger partial charge in [0.15, 0.2) is 0 Å². The van der Waals surface area contributed by atoms with Gasteiger partial charge in [-0.2, -0.15) is 0 Å². The molecule has 64 valence electrons. The van der Waals surface area contributed by atoms with E-state index in [-0.39, 0.29) is 0 Å². The van der Waals surface area contributed by atoms with Crippen molar-refractivity contribution in [3.05, 3.63) is 25.3 Å². The summed E-state index contributed by atoms with van der Waals surface area (Å²) in [6.45, 7) is 7.98. The summed E-state index contributed by atoms with van der Waals surface area (Å²) in [5.74, 6) is 0. The van der Waals surface area contributed by atoms with E-state index in [2.05, 4.69) is 28.0 Å². The van der Waals surface area contributed by atoms with Crippen molar-refractivity contribution in [2.45, 2.75) is 12.8 Å². The van der Waals surface area contributed by atoms with Crippen LogP contribution in [0.4, 0.5) is 0 Å². The molecular formula is C8H14O3. The molecule has 0 rings (SSSR count). The van der Waals surface area contributed by atoms with Crippen LogP contribution in [0.3, 0.4) is 0 Å². The van der Waals surface area contributed by atoms with Crippen LogP contribution < -0.4 is 0 Å². The van der Waals surface area contributed by atoms with Gasteiger partial charge in [0.1, 0.15) is 0 Å². The Hall–Kier alpha value is -0.640. The van der Waals surface area contributed by atoms with Crippen LogP contribution in [0.5, 0.6) is 0 Å². The Morgan fingerprint density at radius 3 is 1.73 bits per heavy atom. The van der Waals surface area contributed by atoms with Crippen LogP contribution >= 0.6 is 0 Å². The Kier molecular flexibility index (Phi) is 8.82. The van der Waals surface area contributed by atoms with Crippen molar-refractivity contribution in [1.82, 2.24) is 0 Å². The van der Waals surface area contributed by atoms with Gasteiger partial charge in [0.25, 0.3) is 0 Å². The van der Waals surface area contributed by atoms with E-state index in [4.69, 9.17) is 0 Å². The van der Waals surface area contributed by atoms with Gasteiger partial charge in [0, 0.05) is 0 Å². The van der Waals surface area contributed by atoms with Gasteiger partial charge in [-0.05, 0) is 12.8 Å². The minimum atomic E-state index is 0.470. The first-order valence-corrected chi connectivity index (χ1v) is 3.54. The quantitative estimate of drug-likeness (QED) is 0.234. The van der Waals surface area contributed by atoms with Gasteiger partial charge in [-0.25, -0.2) is 9.78 Å². The zero-order valence-corrected chi connectivity index (χ0v) is 6.62. The standard InChI is InChI=1S/C8H14O3/c1-3-5-7-9-11-10-8-6-4-2/h3-4H,1-2,5-8H2. The van der Waals surface area contributed by atoms with Crippen molar-refractivity contribution in [1.29, 1.82) is 0 Å². The van der Waals surface area contributed by atoms with E-state index in [9.17, 15) is 0 Å². The van der Waals surface area contributed by atoms with Crippen LogP contribution in [-0.4, -0.2) is 13.2 Å². The van der Waals surface area contributed by atoms with E-state index in [1.54, 1.807) is 12.2 Å². The number of hydrogen-bond acceptors (Lipinski definition) is 3. The molecule has 3 heteroatoms. The average Bonchev–Trinajstić information content (AvgIpc) is 2.03. The molecule has 0 aliphatic carbocycles. The Morgan fingerprint density at radius 2 is 1.36 bits per heavy atom. The van der Waals surface area contributed by atoms with Gasteiger partial charge >= 0.3 is 0 Å². The Morgan fingerprint density at radius 1 is 0.909 bits per heavy atom. The van der Waals surface area contributed by atoms with E-state index in [0.29, 0.717) is 13.2 Å². The van der Waals surface area contributed by atoms with E-state index >= 15 is 0 Å². The fourth-order valence-corrected chi connectivity index (χ4v) is 0.365. The molecule has 0 aromatic heterocycles. The Labute approximate surface area is 67.1 Å². The Balaban J connectivity index is 2.79. The topological polar surface area (TPSA) is 27.7 Å². The van der Waals surface area contributed by atoms with Gasteiger partial charge in [-0.15, -0.1) is 13.2 Å². The molecule has 0 N–H and O–H groups in total. The third kappa shape index (κ3) is 9.36. The number of hydrogen-bond donors (Lipinski definition) is 0. The van der Waals surface area contributed by atoms with Crippen LogP contribution in [0.2, 0.25) is 0 Å². The second-order valence-corrected chi connectivity index (χ2v) is 1.87. The van der Waals surface area contributed by atoms with Crippen LogP contribution in [0, 0.1) is 0 Å². The molecule has 0 aliphatic heterocycles. The summed E-state index contributed by atoms with van der Waals surface area (Å²) in [4.78, 5) is 9.19. The average molecular weight is 158 g/mol. The van der Waals surface area contributed by atoms with Crippen LogP contribution in [0.25, 0.3) is 0 Å². The third-order valence-corrected chi connectivity index (χ3v) is 0.907. The predicted octanol–water partition coefficient (Wildman–Crippen LogP) is 2.02. The van der Waals surface area contributed by atoms with Gasteiger partial charge < -0.3 is 0 Å². The molecule has 0 aliphatic rings. The second kappa shape index (κ2) is 9.36. The van der Waals surface area contributed by atoms with Crippen molar-refractivity contribution in [2.24, 2.45) is 0 Å². The van der Waals surface area contributed by atoms with Gasteiger partial charge in [-0.3, -0.25) is 0 Å². The smallest absolute Gasteiger partial charge is 0.0888 e. The molecule has 0 fully saturated rings. The molecule has 11 heavy (non-hydrogen) atoms. The molecule has 0 saturated carbocycles. The highest BCUT2D eigenvalue weighted by Gasteiger charge is 1.86. The molecule has 0 bridgehead atoms. The molecule has 0 atom stereocenters. The SMILES string of the molecule is C=CCCOOOCCC=C. The van der Waals surface area contributed by atoms with Gasteiger partial charge in [0.2, 0.25) is 0 Å². The molecule has 3 nitrogen and oxygen atoms in total. The molecular weight excluding hydrogens is 144 g/mol. The molecule has 0 amide bonds. The molecule has 0 saturated heterocycles. The normalized spacial score (nSPS) is 9.45. The first-order chi connectivity index (χ1) is 5.41. The molecule has 0 radical (unpaired) electrons. The lowest BCUT2D eigenvalue weighted by Gasteiger charge is -1.99. The van der Waals surface area contributed by atoms with Crippen LogP contribution in [-0.2, 0) is 14.8 Å². The maximum Gasteiger partial charge on any atom is 0.0888 e. The summed E-state index contributed by atoms with van der Waals surface area (Å²) < 4.78 is 0. The number of rotatable bonds is 8. The molecule has 0 spiro atoms. The minimum Gasteiger partial charge on any atom is -0.206 e.